The van der Waals surface area contributed by atoms with Crippen molar-refractivity contribution >= 4 is 22.4 Å². The number of carbonyl (C=O) groups is 1. The number of pyridine rings is 1. The van der Waals surface area contributed by atoms with Crippen LogP contribution in [-0.4, -0.2) is 21.9 Å². The second kappa shape index (κ2) is 5.90. The molecule has 0 aliphatic carbocycles. The molecule has 2 rings (SSSR count). The topological polar surface area (TPSA) is 80.9 Å². The Kier molecular flexibility index (Phi) is 4.24. The normalized spacial score (nSPS) is 12.4. The van der Waals surface area contributed by atoms with E-state index in [0.717, 1.165) is 11.3 Å². The lowest BCUT2D eigenvalue weighted by Crippen LogP contribution is -2.39. The van der Waals surface area contributed by atoms with Crippen molar-refractivity contribution in [2.45, 2.75) is 19.9 Å². The Bertz CT molecular complexity index is 553. The third-order valence-corrected chi connectivity index (χ3v) is 3.49. The molecule has 0 aliphatic rings. The number of aromatic nitrogens is 2. The first kappa shape index (κ1) is 13.6. The highest BCUT2D eigenvalue weighted by atomic mass is 32.1. The van der Waals surface area contributed by atoms with Crippen molar-refractivity contribution in [3.63, 3.8) is 0 Å². The van der Waals surface area contributed by atoms with E-state index in [-0.39, 0.29) is 11.8 Å². The lowest BCUT2D eigenvalue weighted by atomic mass is 10.1. The zero-order valence-corrected chi connectivity index (χ0v) is 11.6. The van der Waals surface area contributed by atoms with Gasteiger partial charge < -0.3 is 11.1 Å². The van der Waals surface area contributed by atoms with E-state index in [1.54, 1.807) is 12.4 Å². The van der Waals surface area contributed by atoms with Crippen molar-refractivity contribution in [1.82, 2.24) is 9.97 Å². The Balaban J connectivity index is 2.08. The van der Waals surface area contributed by atoms with E-state index in [1.807, 2.05) is 31.4 Å². The summed E-state index contributed by atoms with van der Waals surface area (Å²) in [5, 5.41) is 5.20. The van der Waals surface area contributed by atoms with Crippen LogP contribution in [0.15, 0.2) is 29.9 Å². The van der Waals surface area contributed by atoms with Crippen molar-refractivity contribution in [2.24, 2.45) is 11.7 Å². The summed E-state index contributed by atoms with van der Waals surface area (Å²) in [6, 6.07) is 3.23. The Labute approximate surface area is 115 Å². The number of amides is 1. The number of hydrogen-bond donors (Lipinski definition) is 2. The van der Waals surface area contributed by atoms with Crippen molar-refractivity contribution in [1.29, 1.82) is 0 Å². The second-order valence-corrected chi connectivity index (χ2v) is 5.39. The van der Waals surface area contributed by atoms with Gasteiger partial charge in [-0.25, -0.2) is 4.98 Å². The predicted octanol–water partition coefficient (Wildman–Crippen LogP) is 2.13. The Hall–Kier alpha value is -1.79. The van der Waals surface area contributed by atoms with Crippen LogP contribution in [0.1, 0.15) is 13.8 Å². The maximum Gasteiger partial charge on any atom is 0.243 e. The van der Waals surface area contributed by atoms with Crippen LogP contribution in [0.2, 0.25) is 0 Å². The molecular weight excluding hydrogens is 260 g/mol. The van der Waals surface area contributed by atoms with Gasteiger partial charge in [-0.05, 0) is 18.1 Å². The Morgan fingerprint density at radius 2 is 2.05 bits per heavy atom. The summed E-state index contributed by atoms with van der Waals surface area (Å²) in [5.74, 6) is -0.106. The summed E-state index contributed by atoms with van der Waals surface area (Å²) in [5.41, 5.74) is 7.57. The fourth-order valence-corrected chi connectivity index (χ4v) is 2.20. The molecule has 0 saturated heterocycles. The van der Waals surface area contributed by atoms with Gasteiger partial charge >= 0.3 is 0 Å². The van der Waals surface area contributed by atoms with Gasteiger partial charge in [0.2, 0.25) is 5.91 Å². The SMILES string of the molecule is CC(C)C(N)C(=O)Nc1nc(-c2ccncc2)cs1. The molecule has 6 heteroatoms. The van der Waals surface area contributed by atoms with Crippen LogP contribution in [0.3, 0.4) is 0 Å². The summed E-state index contributed by atoms with van der Waals surface area (Å²) in [7, 11) is 0. The lowest BCUT2D eigenvalue weighted by Gasteiger charge is -2.13. The maximum absolute atomic E-state index is 11.8. The molecule has 2 aromatic heterocycles. The standard InChI is InChI=1S/C13H16N4OS/c1-8(2)11(14)12(18)17-13-16-10(7-19-13)9-3-5-15-6-4-9/h3-8,11H,14H2,1-2H3,(H,16,17,18). The number of nitrogens with two attached hydrogens (primary N) is 1. The minimum atomic E-state index is -0.520. The number of nitrogens with one attached hydrogen (secondary N) is 1. The van der Waals surface area contributed by atoms with Crippen LogP contribution in [-0.2, 0) is 4.79 Å². The van der Waals surface area contributed by atoms with Gasteiger partial charge in [0.05, 0.1) is 11.7 Å². The van der Waals surface area contributed by atoms with Crippen molar-refractivity contribution in [3.8, 4) is 11.3 Å². The molecule has 0 aliphatic heterocycles. The highest BCUT2D eigenvalue weighted by molar-refractivity contribution is 7.14. The molecule has 1 unspecified atom stereocenters. The van der Waals surface area contributed by atoms with Crippen LogP contribution >= 0.6 is 11.3 Å². The summed E-state index contributed by atoms with van der Waals surface area (Å²) in [6.07, 6.45) is 3.42. The third-order valence-electron chi connectivity index (χ3n) is 2.73. The molecule has 2 heterocycles. The van der Waals surface area contributed by atoms with Gasteiger partial charge in [0.15, 0.2) is 5.13 Å². The lowest BCUT2D eigenvalue weighted by molar-refractivity contribution is -0.118. The van der Waals surface area contributed by atoms with Crippen LogP contribution in [0.5, 0.6) is 0 Å². The molecule has 3 N–H and O–H groups in total. The third kappa shape index (κ3) is 3.36. The molecule has 1 amide bonds. The van der Waals surface area contributed by atoms with E-state index >= 15 is 0 Å². The monoisotopic (exact) mass is 276 g/mol. The highest BCUT2D eigenvalue weighted by Crippen LogP contribution is 2.24. The van der Waals surface area contributed by atoms with Crippen LogP contribution in [0, 0.1) is 5.92 Å². The minimum absolute atomic E-state index is 0.0969. The van der Waals surface area contributed by atoms with Crippen LogP contribution < -0.4 is 11.1 Å². The molecule has 1 atom stereocenters. The van der Waals surface area contributed by atoms with Crippen LogP contribution in [0.25, 0.3) is 11.3 Å². The molecule has 0 fully saturated rings. The average molecular weight is 276 g/mol. The minimum Gasteiger partial charge on any atom is -0.320 e. The quantitative estimate of drug-likeness (QED) is 0.896. The summed E-state index contributed by atoms with van der Waals surface area (Å²) in [6.45, 7) is 3.82. The van der Waals surface area contributed by atoms with E-state index < -0.39 is 6.04 Å². The molecular formula is C13H16N4OS. The number of hydrogen-bond acceptors (Lipinski definition) is 5. The Morgan fingerprint density at radius 3 is 2.68 bits per heavy atom. The van der Waals surface area contributed by atoms with Gasteiger partial charge in [0.1, 0.15) is 0 Å². The van der Waals surface area contributed by atoms with Gasteiger partial charge in [-0.2, -0.15) is 0 Å². The van der Waals surface area contributed by atoms with Gasteiger partial charge in [0.25, 0.3) is 0 Å². The molecule has 0 aromatic carbocycles. The molecule has 0 bridgehead atoms. The molecule has 100 valence electrons. The average Bonchev–Trinajstić information content (AvgIpc) is 2.87. The number of anilines is 1. The number of rotatable bonds is 4. The molecule has 2 aromatic rings. The van der Waals surface area contributed by atoms with Gasteiger partial charge in [-0.1, -0.05) is 13.8 Å². The molecule has 0 spiro atoms. The Morgan fingerprint density at radius 1 is 1.37 bits per heavy atom. The first-order chi connectivity index (χ1) is 9.08. The van der Waals surface area contributed by atoms with Crippen molar-refractivity contribution < 1.29 is 4.79 Å². The fourth-order valence-electron chi connectivity index (χ4n) is 1.48. The first-order valence-electron chi connectivity index (χ1n) is 6.00. The summed E-state index contributed by atoms with van der Waals surface area (Å²) in [4.78, 5) is 20.1. The maximum atomic E-state index is 11.8. The smallest absolute Gasteiger partial charge is 0.243 e. The first-order valence-corrected chi connectivity index (χ1v) is 6.88. The highest BCUT2D eigenvalue weighted by Gasteiger charge is 2.18. The van der Waals surface area contributed by atoms with Crippen molar-refractivity contribution in [3.05, 3.63) is 29.9 Å². The number of carbonyl (C=O) groups excluding carboxylic acids is 1. The number of nitrogens with zero attached hydrogens (tertiary/aromatic N) is 2. The zero-order chi connectivity index (χ0) is 13.8. The molecule has 0 radical (unpaired) electrons. The predicted molar refractivity (Wildman–Crippen MR) is 76.8 cm³/mol. The van der Waals surface area contributed by atoms with Gasteiger partial charge in [-0.3, -0.25) is 9.78 Å². The van der Waals surface area contributed by atoms with E-state index in [2.05, 4.69) is 15.3 Å². The fraction of sp³-hybridized carbons (Fsp3) is 0.308. The van der Waals surface area contributed by atoms with Gasteiger partial charge in [-0.15, -0.1) is 11.3 Å². The molecule has 0 saturated carbocycles. The van der Waals surface area contributed by atoms with E-state index in [4.69, 9.17) is 5.73 Å². The summed E-state index contributed by atoms with van der Waals surface area (Å²) >= 11 is 1.38. The number of thiazole rings is 1. The van der Waals surface area contributed by atoms with E-state index in [9.17, 15) is 4.79 Å². The second-order valence-electron chi connectivity index (χ2n) is 4.53. The van der Waals surface area contributed by atoms with E-state index in [1.165, 1.54) is 11.3 Å². The molecule has 5 nitrogen and oxygen atoms in total. The zero-order valence-electron chi connectivity index (χ0n) is 10.8. The largest absolute Gasteiger partial charge is 0.320 e. The van der Waals surface area contributed by atoms with Crippen LogP contribution in [0.4, 0.5) is 5.13 Å². The summed E-state index contributed by atoms with van der Waals surface area (Å²) < 4.78 is 0. The van der Waals surface area contributed by atoms with Crippen molar-refractivity contribution in [2.75, 3.05) is 5.32 Å². The van der Waals surface area contributed by atoms with E-state index in [0.29, 0.717) is 5.13 Å². The van der Waals surface area contributed by atoms with Gasteiger partial charge in [0, 0.05) is 23.3 Å². The molecule has 19 heavy (non-hydrogen) atoms.